The minimum Gasteiger partial charge on any atom is -0.384 e. The Bertz CT molecular complexity index is 682. The largest absolute Gasteiger partial charge is 0.384 e. The van der Waals surface area contributed by atoms with Crippen LogP contribution in [0.15, 0.2) is 46.2 Å². The van der Waals surface area contributed by atoms with Gasteiger partial charge >= 0.3 is 0 Å². The molecule has 0 radical (unpaired) electrons. The van der Waals surface area contributed by atoms with E-state index in [1.807, 2.05) is 0 Å². The Kier molecular flexibility index (Phi) is 3.49. The Balaban J connectivity index is 1.93. The van der Waals surface area contributed by atoms with Crippen molar-refractivity contribution in [2.45, 2.75) is 29.1 Å². The molecular formula is C16H15FN2S. The van der Waals surface area contributed by atoms with Crippen LogP contribution in [-0.4, -0.2) is 5.84 Å². The van der Waals surface area contributed by atoms with Crippen LogP contribution in [0.4, 0.5) is 4.39 Å². The van der Waals surface area contributed by atoms with Gasteiger partial charge in [0, 0.05) is 15.4 Å². The molecule has 0 amide bonds. The van der Waals surface area contributed by atoms with Crippen molar-refractivity contribution in [3.63, 3.8) is 0 Å². The van der Waals surface area contributed by atoms with Gasteiger partial charge in [0.1, 0.15) is 11.7 Å². The first-order valence-corrected chi connectivity index (χ1v) is 7.39. The summed E-state index contributed by atoms with van der Waals surface area (Å²) in [6.45, 7) is 0. The van der Waals surface area contributed by atoms with Gasteiger partial charge in [0.25, 0.3) is 0 Å². The number of rotatable bonds is 3. The Hall–Kier alpha value is -1.81. The second-order valence-electron chi connectivity index (χ2n) is 4.94. The van der Waals surface area contributed by atoms with Gasteiger partial charge in [-0.2, -0.15) is 0 Å². The third-order valence-corrected chi connectivity index (χ3v) is 4.60. The predicted octanol–water partition coefficient (Wildman–Crippen LogP) is 3.75. The summed E-state index contributed by atoms with van der Waals surface area (Å²) >= 11 is 1.53. The van der Waals surface area contributed by atoms with E-state index in [2.05, 4.69) is 18.2 Å². The van der Waals surface area contributed by atoms with Crippen LogP contribution in [0.25, 0.3) is 0 Å². The lowest BCUT2D eigenvalue weighted by Gasteiger charge is -2.09. The first-order chi connectivity index (χ1) is 9.63. The second-order valence-corrected chi connectivity index (χ2v) is 6.06. The van der Waals surface area contributed by atoms with Crippen molar-refractivity contribution >= 4 is 17.6 Å². The van der Waals surface area contributed by atoms with Gasteiger partial charge in [0.15, 0.2) is 0 Å². The molecule has 0 unspecified atom stereocenters. The smallest absolute Gasteiger partial charge is 0.124 e. The zero-order valence-electron chi connectivity index (χ0n) is 10.9. The summed E-state index contributed by atoms with van der Waals surface area (Å²) in [4.78, 5) is 1.93. The lowest BCUT2D eigenvalue weighted by atomic mass is 10.1. The number of aryl methyl sites for hydroxylation is 2. The van der Waals surface area contributed by atoms with Crippen molar-refractivity contribution in [2.75, 3.05) is 0 Å². The molecule has 102 valence electrons. The summed E-state index contributed by atoms with van der Waals surface area (Å²) in [5.41, 5.74) is 8.82. The van der Waals surface area contributed by atoms with Crippen LogP contribution in [0.1, 0.15) is 23.1 Å². The summed E-state index contributed by atoms with van der Waals surface area (Å²) in [6, 6.07) is 10.9. The minimum absolute atomic E-state index is 0.104. The first-order valence-electron chi connectivity index (χ1n) is 6.57. The quantitative estimate of drug-likeness (QED) is 0.667. The highest BCUT2D eigenvalue weighted by Crippen LogP contribution is 2.34. The normalized spacial score (nSPS) is 13.2. The van der Waals surface area contributed by atoms with Crippen molar-refractivity contribution < 1.29 is 4.39 Å². The summed E-state index contributed by atoms with van der Waals surface area (Å²) in [5.74, 6) is -0.471. The Morgan fingerprint density at radius 2 is 1.90 bits per heavy atom. The standard InChI is InChI=1S/C16H15FN2S/c17-12-5-7-15(14(9-12)16(18)19)20-13-6-4-10-2-1-3-11(10)8-13/h4-9H,1-3H2,(H3,18,19). The number of amidine groups is 1. The molecule has 0 heterocycles. The number of halogens is 1. The van der Waals surface area contributed by atoms with Gasteiger partial charge in [-0.1, -0.05) is 17.8 Å². The van der Waals surface area contributed by atoms with Crippen molar-refractivity contribution in [3.8, 4) is 0 Å². The number of nitrogens with two attached hydrogens (primary N) is 1. The minimum atomic E-state index is -0.367. The highest BCUT2D eigenvalue weighted by molar-refractivity contribution is 7.99. The molecule has 2 nitrogen and oxygen atoms in total. The number of nitrogen functional groups attached to an aromatic ring is 1. The van der Waals surface area contributed by atoms with E-state index in [-0.39, 0.29) is 11.7 Å². The topological polar surface area (TPSA) is 49.9 Å². The number of fused-ring (bicyclic) bond motifs is 1. The molecule has 0 atom stereocenters. The highest BCUT2D eigenvalue weighted by Gasteiger charge is 2.13. The zero-order valence-corrected chi connectivity index (χ0v) is 11.8. The Morgan fingerprint density at radius 3 is 2.70 bits per heavy atom. The fourth-order valence-electron chi connectivity index (χ4n) is 2.54. The van der Waals surface area contributed by atoms with Gasteiger partial charge in [-0.3, -0.25) is 5.41 Å². The SMILES string of the molecule is N=C(N)c1cc(F)ccc1Sc1ccc2c(c1)CCC2. The molecule has 3 rings (SSSR count). The van der Waals surface area contributed by atoms with Crippen LogP contribution in [0, 0.1) is 11.2 Å². The summed E-state index contributed by atoms with van der Waals surface area (Å²) < 4.78 is 13.3. The third kappa shape index (κ3) is 2.56. The van der Waals surface area contributed by atoms with E-state index in [1.165, 1.54) is 41.4 Å². The molecule has 0 saturated carbocycles. The van der Waals surface area contributed by atoms with Gasteiger partial charge in [-0.15, -0.1) is 0 Å². The predicted molar refractivity (Wildman–Crippen MR) is 80.0 cm³/mol. The summed E-state index contributed by atoms with van der Waals surface area (Å²) in [7, 11) is 0. The maximum atomic E-state index is 13.3. The fourth-order valence-corrected chi connectivity index (χ4v) is 3.55. The van der Waals surface area contributed by atoms with Crippen LogP contribution in [0.3, 0.4) is 0 Å². The van der Waals surface area contributed by atoms with Crippen molar-refractivity contribution in [1.29, 1.82) is 5.41 Å². The van der Waals surface area contributed by atoms with Crippen LogP contribution in [-0.2, 0) is 12.8 Å². The lowest BCUT2D eigenvalue weighted by molar-refractivity contribution is 0.626. The average Bonchev–Trinajstić information content (AvgIpc) is 2.88. The second kappa shape index (κ2) is 5.29. The number of nitrogens with one attached hydrogen (secondary N) is 1. The maximum Gasteiger partial charge on any atom is 0.124 e. The first kappa shape index (κ1) is 13.2. The Morgan fingerprint density at radius 1 is 1.10 bits per heavy atom. The molecule has 0 spiro atoms. The maximum absolute atomic E-state index is 13.3. The number of hydrogen-bond acceptors (Lipinski definition) is 2. The fraction of sp³-hybridized carbons (Fsp3) is 0.188. The molecule has 0 bridgehead atoms. The molecule has 1 aliphatic rings. The molecular weight excluding hydrogens is 271 g/mol. The molecule has 0 aliphatic heterocycles. The van der Waals surface area contributed by atoms with E-state index in [0.29, 0.717) is 5.56 Å². The van der Waals surface area contributed by atoms with Crippen LogP contribution in [0.5, 0.6) is 0 Å². The Labute approximate surface area is 121 Å². The molecule has 3 N–H and O–H groups in total. The highest BCUT2D eigenvalue weighted by atomic mass is 32.2. The molecule has 1 aliphatic carbocycles. The van der Waals surface area contributed by atoms with Gasteiger partial charge in [0.2, 0.25) is 0 Å². The lowest BCUT2D eigenvalue weighted by Crippen LogP contribution is -2.12. The third-order valence-electron chi connectivity index (χ3n) is 3.53. The number of benzene rings is 2. The number of hydrogen-bond donors (Lipinski definition) is 2. The molecule has 0 fully saturated rings. The van der Waals surface area contributed by atoms with E-state index < -0.39 is 0 Å². The monoisotopic (exact) mass is 286 g/mol. The average molecular weight is 286 g/mol. The summed E-state index contributed by atoms with van der Waals surface area (Å²) in [5, 5.41) is 7.56. The van der Waals surface area contributed by atoms with Crippen LogP contribution < -0.4 is 5.73 Å². The van der Waals surface area contributed by atoms with Crippen LogP contribution >= 0.6 is 11.8 Å². The van der Waals surface area contributed by atoms with Crippen molar-refractivity contribution in [1.82, 2.24) is 0 Å². The molecule has 2 aromatic carbocycles. The molecule has 20 heavy (non-hydrogen) atoms. The van der Waals surface area contributed by atoms with E-state index in [0.717, 1.165) is 22.6 Å². The van der Waals surface area contributed by atoms with Gasteiger partial charge in [-0.25, -0.2) is 4.39 Å². The van der Waals surface area contributed by atoms with Gasteiger partial charge in [-0.05, 0) is 60.7 Å². The summed E-state index contributed by atoms with van der Waals surface area (Å²) in [6.07, 6.45) is 3.51. The zero-order chi connectivity index (χ0) is 14.1. The van der Waals surface area contributed by atoms with Gasteiger partial charge < -0.3 is 5.73 Å². The van der Waals surface area contributed by atoms with E-state index in [9.17, 15) is 4.39 Å². The molecule has 2 aromatic rings. The van der Waals surface area contributed by atoms with Gasteiger partial charge in [0.05, 0.1) is 0 Å². The van der Waals surface area contributed by atoms with Crippen molar-refractivity contribution in [2.24, 2.45) is 5.73 Å². The van der Waals surface area contributed by atoms with Crippen LogP contribution in [0.2, 0.25) is 0 Å². The van der Waals surface area contributed by atoms with E-state index in [4.69, 9.17) is 11.1 Å². The van der Waals surface area contributed by atoms with Crippen molar-refractivity contribution in [3.05, 3.63) is 58.9 Å². The molecule has 0 aromatic heterocycles. The molecule has 0 saturated heterocycles. The van der Waals surface area contributed by atoms with E-state index >= 15 is 0 Å². The molecule has 4 heteroatoms. The van der Waals surface area contributed by atoms with E-state index in [1.54, 1.807) is 6.07 Å².